The van der Waals surface area contributed by atoms with Crippen molar-refractivity contribution in [1.82, 2.24) is 0 Å². The minimum atomic E-state index is -0.317. The van der Waals surface area contributed by atoms with Gasteiger partial charge in [0.15, 0.2) is 17.9 Å². The number of carbonyl (C=O) groups is 2. The predicted octanol–water partition coefficient (Wildman–Crippen LogP) is 3.79. The summed E-state index contributed by atoms with van der Waals surface area (Å²) in [6.45, 7) is 7.30. The number of Topliss-reactive ketones (excluding diaryl/α,β-unsaturated/α-hetero) is 2. The molecule has 5 nitrogen and oxygen atoms in total. The van der Waals surface area contributed by atoms with Crippen molar-refractivity contribution in [2.24, 2.45) is 0 Å². The molecule has 28 heavy (non-hydrogen) atoms. The van der Waals surface area contributed by atoms with Gasteiger partial charge in [0.2, 0.25) is 0 Å². The van der Waals surface area contributed by atoms with Crippen molar-refractivity contribution in [1.29, 1.82) is 0 Å². The molecule has 0 N–H and O–H groups in total. The highest BCUT2D eigenvalue weighted by Crippen LogP contribution is 2.51. The van der Waals surface area contributed by atoms with Crippen LogP contribution in [0.4, 0.5) is 5.69 Å². The first-order valence-electron chi connectivity index (χ1n) is 10.1. The average Bonchev–Trinajstić information content (AvgIpc) is 3.20. The van der Waals surface area contributed by atoms with E-state index >= 15 is 0 Å². The quantitative estimate of drug-likeness (QED) is 0.531. The van der Waals surface area contributed by atoms with Gasteiger partial charge in [0, 0.05) is 42.4 Å². The third kappa shape index (κ3) is 3.12. The van der Waals surface area contributed by atoms with Gasteiger partial charge in [-0.25, -0.2) is 0 Å². The highest BCUT2D eigenvalue weighted by atomic mass is 16.7. The predicted molar refractivity (Wildman–Crippen MR) is 108 cm³/mol. The van der Waals surface area contributed by atoms with E-state index in [1.54, 1.807) is 6.92 Å². The Labute approximate surface area is 166 Å². The van der Waals surface area contributed by atoms with Crippen molar-refractivity contribution in [3.8, 4) is 0 Å². The van der Waals surface area contributed by atoms with Gasteiger partial charge in [-0.3, -0.25) is 9.59 Å². The molecule has 0 spiro atoms. The van der Waals surface area contributed by atoms with Crippen LogP contribution in [0.25, 0.3) is 0 Å². The molecule has 0 amide bonds. The Bertz CT molecular complexity index is 863. The SMILES string of the molecule is CCOC(CN1c2ccc(C(C)=O)cc2C2C3=C(C=CC21)C(=O)CC3)OCC. The van der Waals surface area contributed by atoms with Gasteiger partial charge in [-0.1, -0.05) is 12.2 Å². The molecule has 2 unspecified atom stereocenters. The Balaban J connectivity index is 1.76. The second-order valence-electron chi connectivity index (χ2n) is 7.51. The molecule has 1 aromatic carbocycles. The van der Waals surface area contributed by atoms with E-state index < -0.39 is 0 Å². The molecule has 0 fully saturated rings. The van der Waals surface area contributed by atoms with Gasteiger partial charge in [0.25, 0.3) is 0 Å². The fraction of sp³-hybridized carbons (Fsp3) is 0.478. The van der Waals surface area contributed by atoms with Crippen LogP contribution in [-0.2, 0) is 14.3 Å². The lowest BCUT2D eigenvalue weighted by atomic mass is 9.81. The van der Waals surface area contributed by atoms with Crippen molar-refractivity contribution in [2.45, 2.75) is 51.9 Å². The van der Waals surface area contributed by atoms with E-state index in [0.717, 1.165) is 23.2 Å². The normalized spacial score (nSPS) is 22.7. The van der Waals surface area contributed by atoms with Crippen LogP contribution in [-0.4, -0.2) is 43.7 Å². The monoisotopic (exact) mass is 381 g/mol. The number of ketones is 2. The number of anilines is 1. The summed E-state index contributed by atoms with van der Waals surface area (Å²) in [6, 6.07) is 6.05. The van der Waals surface area contributed by atoms with Crippen molar-refractivity contribution < 1.29 is 19.1 Å². The molecule has 1 aliphatic heterocycles. The Morgan fingerprint density at radius 3 is 2.64 bits per heavy atom. The van der Waals surface area contributed by atoms with E-state index in [4.69, 9.17) is 9.47 Å². The Morgan fingerprint density at radius 1 is 1.21 bits per heavy atom. The number of carbonyl (C=O) groups excluding carboxylic acids is 2. The molecule has 0 bridgehead atoms. The van der Waals surface area contributed by atoms with Crippen LogP contribution >= 0.6 is 0 Å². The molecule has 0 saturated heterocycles. The van der Waals surface area contributed by atoms with Crippen LogP contribution < -0.4 is 4.90 Å². The summed E-state index contributed by atoms with van der Waals surface area (Å²) >= 11 is 0. The lowest BCUT2D eigenvalue weighted by Crippen LogP contribution is -2.41. The Morgan fingerprint density at radius 2 is 1.96 bits per heavy atom. The highest BCUT2D eigenvalue weighted by molar-refractivity contribution is 6.02. The zero-order chi connectivity index (χ0) is 19.8. The van der Waals surface area contributed by atoms with E-state index in [2.05, 4.69) is 11.0 Å². The maximum atomic E-state index is 12.3. The largest absolute Gasteiger partial charge is 0.359 e. The number of nitrogens with zero attached hydrogens (tertiary/aromatic N) is 1. The van der Waals surface area contributed by atoms with Crippen LogP contribution in [0.1, 0.15) is 55.5 Å². The van der Waals surface area contributed by atoms with Crippen LogP contribution in [0.15, 0.2) is 41.5 Å². The summed E-state index contributed by atoms with van der Waals surface area (Å²) in [4.78, 5) is 26.6. The molecule has 5 heteroatoms. The standard InChI is InChI=1S/C23H27NO4/c1-4-27-22(28-5-2)13-24-19-9-6-15(14(3)25)12-18(19)23-17-8-11-21(26)16(17)7-10-20(23)24/h6-7,9-10,12,20,22-23H,4-5,8,11,13H2,1-3H3. The van der Waals surface area contributed by atoms with Crippen LogP contribution in [0.3, 0.4) is 0 Å². The summed E-state index contributed by atoms with van der Waals surface area (Å²) in [5, 5.41) is 0. The number of benzene rings is 1. The maximum absolute atomic E-state index is 12.3. The molecule has 0 saturated carbocycles. The molecule has 3 aliphatic rings. The smallest absolute Gasteiger partial charge is 0.174 e. The van der Waals surface area contributed by atoms with Crippen molar-refractivity contribution in [2.75, 3.05) is 24.7 Å². The number of ether oxygens (including phenoxy) is 2. The van der Waals surface area contributed by atoms with E-state index in [9.17, 15) is 9.59 Å². The van der Waals surface area contributed by atoms with Gasteiger partial charge in [0.1, 0.15) is 0 Å². The number of allylic oxidation sites excluding steroid dienone is 2. The van der Waals surface area contributed by atoms with E-state index in [1.807, 2.05) is 38.1 Å². The molecule has 148 valence electrons. The number of rotatable bonds is 7. The maximum Gasteiger partial charge on any atom is 0.174 e. The van der Waals surface area contributed by atoms with Gasteiger partial charge in [-0.15, -0.1) is 0 Å². The number of fused-ring (bicyclic) bond motifs is 4. The number of hydrogen-bond donors (Lipinski definition) is 0. The van der Waals surface area contributed by atoms with Crippen LogP contribution in [0, 0.1) is 0 Å². The average molecular weight is 381 g/mol. The highest BCUT2D eigenvalue weighted by Gasteiger charge is 2.44. The second kappa shape index (κ2) is 7.64. The zero-order valence-corrected chi connectivity index (χ0v) is 16.7. The van der Waals surface area contributed by atoms with Gasteiger partial charge in [-0.05, 0) is 56.5 Å². The first kappa shape index (κ1) is 19.1. The van der Waals surface area contributed by atoms with Gasteiger partial charge in [-0.2, -0.15) is 0 Å². The van der Waals surface area contributed by atoms with Gasteiger partial charge in [0.05, 0.1) is 12.6 Å². The van der Waals surface area contributed by atoms with Crippen LogP contribution in [0.5, 0.6) is 0 Å². The summed E-state index contributed by atoms with van der Waals surface area (Å²) < 4.78 is 11.6. The van der Waals surface area contributed by atoms with Gasteiger partial charge >= 0.3 is 0 Å². The van der Waals surface area contributed by atoms with Crippen molar-refractivity contribution in [3.63, 3.8) is 0 Å². The summed E-state index contributed by atoms with van der Waals surface area (Å²) in [5.74, 6) is 0.404. The second-order valence-corrected chi connectivity index (χ2v) is 7.51. The Hall–Kier alpha value is -2.24. The molecule has 0 radical (unpaired) electrons. The fourth-order valence-electron chi connectivity index (χ4n) is 4.74. The third-order valence-electron chi connectivity index (χ3n) is 5.93. The van der Waals surface area contributed by atoms with Crippen LogP contribution in [0.2, 0.25) is 0 Å². The van der Waals surface area contributed by atoms with E-state index in [0.29, 0.717) is 31.7 Å². The molecule has 2 aliphatic carbocycles. The topological polar surface area (TPSA) is 55.8 Å². The molecule has 0 aromatic heterocycles. The van der Waals surface area contributed by atoms with E-state index in [1.165, 1.54) is 5.57 Å². The van der Waals surface area contributed by atoms with Gasteiger partial charge < -0.3 is 14.4 Å². The first-order chi connectivity index (χ1) is 13.5. The molecule has 2 atom stereocenters. The minimum absolute atomic E-state index is 0.0577. The summed E-state index contributed by atoms with van der Waals surface area (Å²) in [7, 11) is 0. The van der Waals surface area contributed by atoms with E-state index in [-0.39, 0.29) is 29.8 Å². The molecule has 1 heterocycles. The third-order valence-corrected chi connectivity index (χ3v) is 5.93. The zero-order valence-electron chi connectivity index (χ0n) is 16.7. The molecular weight excluding hydrogens is 354 g/mol. The summed E-state index contributed by atoms with van der Waals surface area (Å²) in [5.41, 5.74) is 5.03. The Kier molecular flexibility index (Phi) is 5.21. The lowest BCUT2D eigenvalue weighted by molar-refractivity contribution is -0.129. The number of hydrogen-bond acceptors (Lipinski definition) is 5. The minimum Gasteiger partial charge on any atom is -0.359 e. The summed E-state index contributed by atoms with van der Waals surface area (Å²) in [6.07, 6.45) is 5.20. The molecule has 4 rings (SSSR count). The fourth-order valence-corrected chi connectivity index (χ4v) is 4.74. The van der Waals surface area contributed by atoms with Crippen molar-refractivity contribution in [3.05, 3.63) is 52.6 Å². The van der Waals surface area contributed by atoms with Crippen molar-refractivity contribution >= 4 is 17.3 Å². The molecular formula is C23H27NO4. The molecule has 1 aromatic rings. The lowest BCUT2D eigenvalue weighted by Gasteiger charge is -2.33. The first-order valence-corrected chi connectivity index (χ1v) is 10.1.